The Labute approximate surface area is 90.5 Å². The highest BCUT2D eigenvalue weighted by atomic mass is 35.5. The first-order chi connectivity index (χ1) is 6.86. The molecule has 1 aliphatic heterocycles. The molecule has 0 amide bonds. The van der Waals surface area contributed by atoms with Crippen molar-refractivity contribution in [1.29, 1.82) is 0 Å². The normalized spacial score (nSPS) is 23.1. The molecule has 1 saturated heterocycles. The Morgan fingerprint density at radius 3 is 2.64 bits per heavy atom. The molecule has 76 valence electrons. The minimum atomic E-state index is 0.537. The summed E-state index contributed by atoms with van der Waals surface area (Å²) in [5.41, 5.74) is 1.37. The second-order valence-corrected chi connectivity index (χ2v) is 4.34. The lowest BCUT2D eigenvalue weighted by Crippen LogP contribution is -2.20. The maximum Gasteiger partial charge on any atom is 0.0406 e. The number of benzene rings is 1. The van der Waals surface area contributed by atoms with Gasteiger partial charge in [0.1, 0.15) is 0 Å². The lowest BCUT2D eigenvalue weighted by molar-refractivity contribution is 0.535. The molecule has 1 aromatic carbocycles. The first-order valence-corrected chi connectivity index (χ1v) is 5.73. The van der Waals surface area contributed by atoms with E-state index < -0.39 is 0 Å². The summed E-state index contributed by atoms with van der Waals surface area (Å²) in [7, 11) is 0. The number of hydrogen-bond acceptors (Lipinski definition) is 1. The highest BCUT2D eigenvalue weighted by molar-refractivity contribution is 6.30. The summed E-state index contributed by atoms with van der Waals surface area (Å²) >= 11 is 5.86. The Balaban J connectivity index is 2.08. The maximum atomic E-state index is 5.86. The van der Waals surface area contributed by atoms with Crippen molar-refractivity contribution in [3.63, 3.8) is 0 Å². The molecule has 2 heteroatoms. The van der Waals surface area contributed by atoms with Crippen LogP contribution in [0.1, 0.15) is 37.3 Å². The van der Waals surface area contributed by atoms with Crippen molar-refractivity contribution < 1.29 is 0 Å². The van der Waals surface area contributed by atoms with Crippen LogP contribution in [0.5, 0.6) is 0 Å². The fourth-order valence-electron chi connectivity index (χ4n) is 2.01. The van der Waals surface area contributed by atoms with Gasteiger partial charge >= 0.3 is 0 Å². The van der Waals surface area contributed by atoms with E-state index >= 15 is 0 Å². The second kappa shape index (κ2) is 4.81. The molecule has 0 spiro atoms. The summed E-state index contributed by atoms with van der Waals surface area (Å²) in [6.45, 7) is 1.15. The molecule has 1 heterocycles. The molecule has 1 fully saturated rings. The van der Waals surface area contributed by atoms with Gasteiger partial charge in [-0.15, -0.1) is 0 Å². The fraction of sp³-hybridized carbons (Fsp3) is 0.500. The van der Waals surface area contributed by atoms with Crippen LogP contribution in [0.4, 0.5) is 0 Å². The smallest absolute Gasteiger partial charge is 0.0406 e. The Morgan fingerprint density at radius 1 is 1.07 bits per heavy atom. The molecule has 0 aromatic heterocycles. The second-order valence-electron chi connectivity index (χ2n) is 3.91. The van der Waals surface area contributed by atoms with Crippen molar-refractivity contribution in [2.24, 2.45) is 0 Å². The standard InChI is InChI=1S/C12H16ClN/c13-11-7-5-10(6-8-11)12-4-2-1-3-9-14-12/h5-8,12,14H,1-4,9H2/t12-/m1/s1. The largest absolute Gasteiger partial charge is 0.310 e. The van der Waals surface area contributed by atoms with Gasteiger partial charge in [-0.2, -0.15) is 0 Å². The number of rotatable bonds is 1. The van der Waals surface area contributed by atoms with Gasteiger partial charge in [0.05, 0.1) is 0 Å². The van der Waals surface area contributed by atoms with Gasteiger partial charge in [0, 0.05) is 11.1 Å². The summed E-state index contributed by atoms with van der Waals surface area (Å²) in [6.07, 6.45) is 5.25. The van der Waals surface area contributed by atoms with E-state index in [1.807, 2.05) is 12.1 Å². The van der Waals surface area contributed by atoms with Crippen LogP contribution >= 0.6 is 11.6 Å². The van der Waals surface area contributed by atoms with Gasteiger partial charge in [-0.3, -0.25) is 0 Å². The predicted molar refractivity (Wildman–Crippen MR) is 60.7 cm³/mol. The quantitative estimate of drug-likeness (QED) is 0.746. The van der Waals surface area contributed by atoms with E-state index in [0.717, 1.165) is 11.6 Å². The molecule has 0 saturated carbocycles. The summed E-state index contributed by atoms with van der Waals surface area (Å²) in [4.78, 5) is 0. The van der Waals surface area contributed by atoms with Gasteiger partial charge in [0.2, 0.25) is 0 Å². The molecule has 2 rings (SSSR count). The summed E-state index contributed by atoms with van der Waals surface area (Å²) in [6, 6.07) is 8.75. The van der Waals surface area contributed by atoms with E-state index in [1.54, 1.807) is 0 Å². The first kappa shape index (κ1) is 10.0. The summed E-state index contributed by atoms with van der Waals surface area (Å²) in [5, 5.41) is 4.40. The van der Waals surface area contributed by atoms with Gasteiger partial charge in [0.25, 0.3) is 0 Å². The van der Waals surface area contributed by atoms with E-state index in [2.05, 4.69) is 17.4 Å². The molecule has 0 radical (unpaired) electrons. The summed E-state index contributed by atoms with van der Waals surface area (Å²) in [5.74, 6) is 0. The van der Waals surface area contributed by atoms with Crippen LogP contribution in [0.3, 0.4) is 0 Å². The first-order valence-electron chi connectivity index (χ1n) is 5.35. The van der Waals surface area contributed by atoms with Crippen LogP contribution < -0.4 is 5.32 Å². The van der Waals surface area contributed by atoms with Gasteiger partial charge in [-0.05, 0) is 37.1 Å². The van der Waals surface area contributed by atoms with Crippen LogP contribution in [0.2, 0.25) is 5.02 Å². The molecular weight excluding hydrogens is 194 g/mol. The van der Waals surface area contributed by atoms with Gasteiger partial charge in [-0.25, -0.2) is 0 Å². The number of halogens is 1. The monoisotopic (exact) mass is 209 g/mol. The van der Waals surface area contributed by atoms with E-state index in [0.29, 0.717) is 6.04 Å². The maximum absolute atomic E-state index is 5.86. The average molecular weight is 210 g/mol. The lowest BCUT2D eigenvalue weighted by Gasteiger charge is -2.15. The summed E-state index contributed by atoms with van der Waals surface area (Å²) < 4.78 is 0. The van der Waals surface area contributed by atoms with Crippen molar-refractivity contribution in [1.82, 2.24) is 5.32 Å². The molecule has 1 N–H and O–H groups in total. The van der Waals surface area contributed by atoms with E-state index in [4.69, 9.17) is 11.6 Å². The SMILES string of the molecule is Clc1ccc([C@H]2CCCCCN2)cc1. The third-order valence-electron chi connectivity index (χ3n) is 2.83. The minimum Gasteiger partial charge on any atom is -0.310 e. The molecule has 1 aromatic rings. The average Bonchev–Trinajstić information content (AvgIpc) is 2.47. The van der Waals surface area contributed by atoms with Crippen LogP contribution in [0, 0.1) is 0 Å². The molecule has 1 nitrogen and oxygen atoms in total. The minimum absolute atomic E-state index is 0.537. The molecule has 0 aliphatic carbocycles. The van der Waals surface area contributed by atoms with E-state index in [1.165, 1.54) is 31.2 Å². The molecule has 1 atom stereocenters. The van der Waals surface area contributed by atoms with Crippen molar-refractivity contribution >= 4 is 11.6 Å². The fourth-order valence-corrected chi connectivity index (χ4v) is 2.13. The zero-order chi connectivity index (χ0) is 9.80. The predicted octanol–water partition coefficient (Wildman–Crippen LogP) is 3.54. The van der Waals surface area contributed by atoms with Gasteiger partial charge < -0.3 is 5.32 Å². The van der Waals surface area contributed by atoms with Crippen molar-refractivity contribution in [3.05, 3.63) is 34.9 Å². The van der Waals surface area contributed by atoms with Crippen LogP contribution in [0.25, 0.3) is 0 Å². The Kier molecular flexibility index (Phi) is 3.44. The van der Waals surface area contributed by atoms with Crippen LogP contribution in [-0.4, -0.2) is 6.54 Å². The Hall–Kier alpha value is -0.530. The Bertz CT molecular complexity index is 273. The molecule has 0 unspecified atom stereocenters. The van der Waals surface area contributed by atoms with E-state index in [9.17, 15) is 0 Å². The highest BCUT2D eigenvalue weighted by Gasteiger charge is 2.12. The lowest BCUT2D eigenvalue weighted by atomic mass is 10.0. The third kappa shape index (κ3) is 2.49. The van der Waals surface area contributed by atoms with Crippen LogP contribution in [-0.2, 0) is 0 Å². The molecular formula is C12H16ClN. The van der Waals surface area contributed by atoms with Crippen molar-refractivity contribution in [2.75, 3.05) is 6.54 Å². The zero-order valence-electron chi connectivity index (χ0n) is 8.30. The molecule has 14 heavy (non-hydrogen) atoms. The van der Waals surface area contributed by atoms with Gasteiger partial charge in [0.15, 0.2) is 0 Å². The van der Waals surface area contributed by atoms with Crippen LogP contribution in [0.15, 0.2) is 24.3 Å². The topological polar surface area (TPSA) is 12.0 Å². The zero-order valence-corrected chi connectivity index (χ0v) is 9.06. The van der Waals surface area contributed by atoms with Crippen molar-refractivity contribution in [2.45, 2.75) is 31.7 Å². The molecule has 1 aliphatic rings. The Morgan fingerprint density at radius 2 is 1.86 bits per heavy atom. The van der Waals surface area contributed by atoms with E-state index in [-0.39, 0.29) is 0 Å². The van der Waals surface area contributed by atoms with Gasteiger partial charge in [-0.1, -0.05) is 36.6 Å². The number of hydrogen-bond donors (Lipinski definition) is 1. The number of nitrogens with one attached hydrogen (secondary N) is 1. The molecule has 0 bridgehead atoms. The third-order valence-corrected chi connectivity index (χ3v) is 3.08. The highest BCUT2D eigenvalue weighted by Crippen LogP contribution is 2.23. The van der Waals surface area contributed by atoms with Crippen molar-refractivity contribution in [3.8, 4) is 0 Å².